The molecule has 1 fully saturated rings. The Labute approximate surface area is 101 Å². The van der Waals surface area contributed by atoms with E-state index >= 15 is 0 Å². The highest BCUT2D eigenvalue weighted by Gasteiger charge is 2.24. The van der Waals surface area contributed by atoms with Gasteiger partial charge >= 0.3 is 0 Å². The molecule has 1 nitrogen and oxygen atoms in total. The Morgan fingerprint density at radius 3 is 2.73 bits per heavy atom. The minimum atomic E-state index is 0.333. The van der Waals surface area contributed by atoms with Gasteiger partial charge < -0.3 is 5.73 Å². The van der Waals surface area contributed by atoms with Crippen molar-refractivity contribution >= 4 is 23.2 Å². The Balaban J connectivity index is 2.13. The predicted molar refractivity (Wildman–Crippen MR) is 65.5 cm³/mol. The van der Waals surface area contributed by atoms with Crippen LogP contribution < -0.4 is 5.73 Å². The first-order valence-electron chi connectivity index (χ1n) is 5.37. The van der Waals surface area contributed by atoms with E-state index in [0.717, 1.165) is 18.4 Å². The van der Waals surface area contributed by atoms with Crippen molar-refractivity contribution in [2.75, 3.05) is 0 Å². The number of hydrogen-bond acceptors (Lipinski definition) is 1. The fourth-order valence-corrected chi connectivity index (χ4v) is 2.70. The minimum absolute atomic E-state index is 0.333. The maximum absolute atomic E-state index is 6.15. The zero-order valence-corrected chi connectivity index (χ0v) is 10.1. The maximum Gasteiger partial charge on any atom is 0.0624 e. The van der Waals surface area contributed by atoms with Crippen LogP contribution in [0.4, 0.5) is 0 Å². The van der Waals surface area contributed by atoms with Gasteiger partial charge in [0.15, 0.2) is 0 Å². The molecule has 0 amide bonds. The quantitative estimate of drug-likeness (QED) is 0.844. The molecule has 2 unspecified atom stereocenters. The lowest BCUT2D eigenvalue weighted by atomic mass is 9.95. The van der Waals surface area contributed by atoms with Gasteiger partial charge in [0, 0.05) is 6.04 Å². The molecule has 1 aliphatic carbocycles. The van der Waals surface area contributed by atoms with E-state index in [-0.39, 0.29) is 0 Å². The van der Waals surface area contributed by atoms with Crippen molar-refractivity contribution in [1.29, 1.82) is 0 Å². The van der Waals surface area contributed by atoms with Crippen molar-refractivity contribution in [2.45, 2.75) is 31.7 Å². The Hall–Kier alpha value is -0.240. The first kappa shape index (κ1) is 11.3. The Morgan fingerprint density at radius 2 is 2.07 bits per heavy atom. The molecular formula is C12H15Cl2N. The molecule has 2 atom stereocenters. The van der Waals surface area contributed by atoms with Gasteiger partial charge in [-0.1, -0.05) is 41.8 Å². The van der Waals surface area contributed by atoms with Crippen LogP contribution in [0.5, 0.6) is 0 Å². The van der Waals surface area contributed by atoms with E-state index < -0.39 is 0 Å². The molecule has 0 aromatic heterocycles. The van der Waals surface area contributed by atoms with Crippen LogP contribution in [0.2, 0.25) is 10.0 Å². The molecule has 2 N–H and O–H groups in total. The van der Waals surface area contributed by atoms with Crippen LogP contribution in [0, 0.1) is 5.92 Å². The summed E-state index contributed by atoms with van der Waals surface area (Å²) in [6.07, 6.45) is 4.55. The summed E-state index contributed by atoms with van der Waals surface area (Å²) in [6, 6.07) is 6.14. The molecule has 82 valence electrons. The van der Waals surface area contributed by atoms with Gasteiger partial charge in [-0.2, -0.15) is 0 Å². The molecule has 0 saturated heterocycles. The van der Waals surface area contributed by atoms with Crippen LogP contribution >= 0.6 is 23.2 Å². The van der Waals surface area contributed by atoms with Gasteiger partial charge in [-0.05, 0) is 36.8 Å². The number of rotatable bonds is 2. The second-order valence-corrected chi connectivity index (χ2v) is 5.06. The second kappa shape index (κ2) is 4.73. The van der Waals surface area contributed by atoms with Crippen molar-refractivity contribution < 1.29 is 0 Å². The molecule has 0 radical (unpaired) electrons. The van der Waals surface area contributed by atoms with Crippen molar-refractivity contribution in [3.05, 3.63) is 33.8 Å². The average molecular weight is 244 g/mol. The molecule has 1 saturated carbocycles. The molecule has 2 rings (SSSR count). The Morgan fingerprint density at radius 1 is 1.27 bits per heavy atom. The van der Waals surface area contributed by atoms with Crippen LogP contribution in [0.3, 0.4) is 0 Å². The van der Waals surface area contributed by atoms with Gasteiger partial charge in [-0.15, -0.1) is 0 Å². The van der Waals surface area contributed by atoms with Crippen LogP contribution in [-0.4, -0.2) is 6.04 Å². The minimum Gasteiger partial charge on any atom is -0.327 e. The molecule has 1 aliphatic rings. The Bertz CT molecular complexity index is 351. The normalized spacial score (nSPS) is 25.8. The van der Waals surface area contributed by atoms with Gasteiger partial charge in [0.1, 0.15) is 0 Å². The summed E-state index contributed by atoms with van der Waals surface area (Å²) in [6.45, 7) is 0. The Kier molecular flexibility index (Phi) is 3.55. The van der Waals surface area contributed by atoms with E-state index in [4.69, 9.17) is 28.9 Å². The summed E-state index contributed by atoms with van der Waals surface area (Å²) in [7, 11) is 0. The number of benzene rings is 1. The first-order valence-corrected chi connectivity index (χ1v) is 6.12. The lowest BCUT2D eigenvalue weighted by Gasteiger charge is -2.16. The average Bonchev–Trinajstić information content (AvgIpc) is 2.60. The van der Waals surface area contributed by atoms with Crippen molar-refractivity contribution in [3.63, 3.8) is 0 Å². The highest BCUT2D eigenvalue weighted by molar-refractivity contribution is 6.42. The number of hydrogen-bond donors (Lipinski definition) is 1. The summed E-state index contributed by atoms with van der Waals surface area (Å²) in [5, 5.41) is 1.33. The lowest BCUT2D eigenvalue weighted by Crippen LogP contribution is -2.25. The largest absolute Gasteiger partial charge is 0.327 e. The fourth-order valence-electron chi connectivity index (χ4n) is 2.31. The molecule has 0 spiro atoms. The van der Waals surface area contributed by atoms with Gasteiger partial charge in [-0.3, -0.25) is 0 Å². The third-order valence-corrected chi connectivity index (χ3v) is 4.09. The van der Waals surface area contributed by atoms with Crippen molar-refractivity contribution in [3.8, 4) is 0 Å². The standard InChI is InChI=1S/C12H15Cl2N/c13-10-5-1-4-9(12(10)14)7-8-3-2-6-11(8)15/h1,4-5,8,11H,2-3,6-7,15H2. The number of halogens is 2. The number of nitrogens with two attached hydrogens (primary N) is 1. The molecule has 0 aliphatic heterocycles. The highest BCUT2D eigenvalue weighted by Crippen LogP contribution is 2.32. The molecule has 1 aromatic carbocycles. The van der Waals surface area contributed by atoms with Crippen LogP contribution in [0.25, 0.3) is 0 Å². The van der Waals surface area contributed by atoms with Gasteiger partial charge in [0.05, 0.1) is 10.0 Å². The van der Waals surface area contributed by atoms with Crippen LogP contribution in [0.1, 0.15) is 24.8 Å². The monoisotopic (exact) mass is 243 g/mol. The van der Waals surface area contributed by atoms with Crippen LogP contribution in [-0.2, 0) is 6.42 Å². The van der Waals surface area contributed by atoms with Crippen molar-refractivity contribution in [1.82, 2.24) is 0 Å². The third-order valence-electron chi connectivity index (χ3n) is 3.23. The van der Waals surface area contributed by atoms with E-state index in [1.807, 2.05) is 18.2 Å². The molecule has 15 heavy (non-hydrogen) atoms. The molecule has 0 heterocycles. The summed E-state index contributed by atoms with van der Waals surface area (Å²) in [4.78, 5) is 0. The zero-order chi connectivity index (χ0) is 10.8. The second-order valence-electron chi connectivity index (χ2n) is 4.27. The summed E-state index contributed by atoms with van der Waals surface area (Å²) < 4.78 is 0. The first-order chi connectivity index (χ1) is 7.18. The van der Waals surface area contributed by atoms with E-state index in [2.05, 4.69) is 0 Å². The van der Waals surface area contributed by atoms with Gasteiger partial charge in [0.2, 0.25) is 0 Å². The van der Waals surface area contributed by atoms with E-state index in [0.29, 0.717) is 22.0 Å². The fraction of sp³-hybridized carbons (Fsp3) is 0.500. The van der Waals surface area contributed by atoms with E-state index in [9.17, 15) is 0 Å². The smallest absolute Gasteiger partial charge is 0.0624 e. The van der Waals surface area contributed by atoms with E-state index in [1.165, 1.54) is 12.8 Å². The molecular weight excluding hydrogens is 229 g/mol. The molecule has 0 bridgehead atoms. The van der Waals surface area contributed by atoms with Crippen LogP contribution in [0.15, 0.2) is 18.2 Å². The topological polar surface area (TPSA) is 26.0 Å². The summed E-state index contributed by atoms with van der Waals surface area (Å²) in [5.41, 5.74) is 7.17. The maximum atomic E-state index is 6.15. The SMILES string of the molecule is NC1CCCC1Cc1cccc(Cl)c1Cl. The lowest BCUT2D eigenvalue weighted by molar-refractivity contribution is 0.479. The summed E-state index contributed by atoms with van der Waals surface area (Å²) in [5.74, 6) is 0.570. The van der Waals surface area contributed by atoms with E-state index in [1.54, 1.807) is 0 Å². The third kappa shape index (κ3) is 2.47. The van der Waals surface area contributed by atoms with Gasteiger partial charge in [-0.25, -0.2) is 0 Å². The van der Waals surface area contributed by atoms with Gasteiger partial charge in [0.25, 0.3) is 0 Å². The molecule has 3 heteroatoms. The summed E-state index contributed by atoms with van der Waals surface area (Å²) >= 11 is 12.1. The van der Waals surface area contributed by atoms with Crippen molar-refractivity contribution in [2.24, 2.45) is 11.7 Å². The zero-order valence-electron chi connectivity index (χ0n) is 8.55. The highest BCUT2D eigenvalue weighted by atomic mass is 35.5. The molecule has 1 aromatic rings. The predicted octanol–water partition coefficient (Wildman–Crippen LogP) is 3.66.